The molecule has 34 heavy (non-hydrogen) atoms. The molecule has 3 rings (SSSR count). The average molecular weight is 591 g/mol. The lowest BCUT2D eigenvalue weighted by atomic mass is 10.1. The second-order valence-electron chi connectivity index (χ2n) is 6.87. The fraction of sp³-hybridized carbons (Fsp3) is 0.0870. The second kappa shape index (κ2) is 11.5. The predicted octanol–water partition coefficient (Wildman–Crippen LogP) is 5.18. The first-order chi connectivity index (χ1) is 16.2. The van der Waals surface area contributed by atoms with Gasteiger partial charge in [-0.2, -0.15) is 5.10 Å². The topological polar surface area (TPSA) is 120 Å². The number of ether oxygens (including phenoxy) is 2. The summed E-state index contributed by atoms with van der Waals surface area (Å²) in [6.07, 6.45) is 1.30. The summed E-state index contributed by atoms with van der Waals surface area (Å²) < 4.78 is 12.0. The molecular formula is C23H17Br2N3O6. The Hall–Kier alpha value is -3.57. The van der Waals surface area contributed by atoms with Gasteiger partial charge in [-0.05, 0) is 53.2 Å². The summed E-state index contributed by atoms with van der Waals surface area (Å²) in [4.78, 5) is 35.1. The zero-order valence-corrected chi connectivity index (χ0v) is 20.8. The minimum Gasteiger partial charge on any atom is -0.477 e. The van der Waals surface area contributed by atoms with E-state index in [1.165, 1.54) is 24.4 Å². The molecule has 9 nitrogen and oxygen atoms in total. The predicted molar refractivity (Wildman–Crippen MR) is 132 cm³/mol. The van der Waals surface area contributed by atoms with E-state index in [1.807, 2.05) is 13.0 Å². The number of esters is 1. The Morgan fingerprint density at radius 1 is 1.12 bits per heavy atom. The van der Waals surface area contributed by atoms with Crippen molar-refractivity contribution in [1.82, 2.24) is 5.43 Å². The Labute approximate surface area is 211 Å². The molecule has 0 aliphatic rings. The standard InChI is InChI=1S/C23H17Br2N3O6/c1-14-5-4-6-15(9-14)23(30)34-22-16(10-17(24)11-18(22)25)12-26-27-21(29)13-33-20-8-3-2-7-19(20)28(31)32/h2-12H,13H2,1H3,(H,27,29)/b26-12-. The van der Waals surface area contributed by atoms with Crippen molar-refractivity contribution in [3.8, 4) is 11.5 Å². The largest absolute Gasteiger partial charge is 0.477 e. The first kappa shape index (κ1) is 25.1. The minimum absolute atomic E-state index is 0.0344. The van der Waals surface area contributed by atoms with Gasteiger partial charge in [0.2, 0.25) is 0 Å². The van der Waals surface area contributed by atoms with Gasteiger partial charge < -0.3 is 9.47 Å². The fourth-order valence-electron chi connectivity index (χ4n) is 2.79. The van der Waals surface area contributed by atoms with Gasteiger partial charge in [-0.3, -0.25) is 14.9 Å². The normalized spacial score (nSPS) is 10.7. The van der Waals surface area contributed by atoms with Gasteiger partial charge in [0, 0.05) is 16.1 Å². The number of halogens is 2. The molecule has 0 saturated carbocycles. The van der Waals surface area contributed by atoms with Gasteiger partial charge in [0.25, 0.3) is 5.91 Å². The van der Waals surface area contributed by atoms with Gasteiger partial charge in [-0.15, -0.1) is 0 Å². The summed E-state index contributed by atoms with van der Waals surface area (Å²) in [7, 11) is 0. The highest BCUT2D eigenvalue weighted by atomic mass is 79.9. The van der Waals surface area contributed by atoms with Crippen LogP contribution < -0.4 is 14.9 Å². The van der Waals surface area contributed by atoms with Gasteiger partial charge in [0.1, 0.15) is 0 Å². The summed E-state index contributed by atoms with van der Waals surface area (Å²) in [5.74, 6) is -1.01. The molecule has 0 saturated heterocycles. The average Bonchev–Trinajstić information content (AvgIpc) is 2.79. The highest BCUT2D eigenvalue weighted by Gasteiger charge is 2.16. The zero-order chi connectivity index (χ0) is 24.7. The number of aryl methyl sites for hydroxylation is 1. The van der Waals surface area contributed by atoms with Crippen molar-refractivity contribution in [2.75, 3.05) is 6.61 Å². The molecule has 0 spiro atoms. The van der Waals surface area contributed by atoms with Crippen molar-refractivity contribution in [2.24, 2.45) is 5.10 Å². The Morgan fingerprint density at radius 2 is 1.88 bits per heavy atom. The number of hydrogen-bond acceptors (Lipinski definition) is 7. The van der Waals surface area contributed by atoms with E-state index in [0.29, 0.717) is 20.1 Å². The molecule has 0 bridgehead atoms. The molecule has 0 aliphatic heterocycles. The number of hydrazone groups is 1. The van der Waals surface area contributed by atoms with Crippen LogP contribution >= 0.6 is 31.9 Å². The van der Waals surface area contributed by atoms with E-state index in [-0.39, 0.29) is 17.2 Å². The van der Waals surface area contributed by atoms with E-state index < -0.39 is 23.4 Å². The lowest BCUT2D eigenvalue weighted by molar-refractivity contribution is -0.385. The van der Waals surface area contributed by atoms with E-state index in [9.17, 15) is 19.7 Å². The van der Waals surface area contributed by atoms with Crippen LogP contribution in [-0.2, 0) is 4.79 Å². The van der Waals surface area contributed by atoms with Gasteiger partial charge in [-0.1, -0.05) is 45.8 Å². The number of carbonyl (C=O) groups is 2. The van der Waals surface area contributed by atoms with Gasteiger partial charge in [0.15, 0.2) is 18.1 Å². The third kappa shape index (κ3) is 6.72. The Bertz CT molecular complexity index is 1280. The minimum atomic E-state index is -0.637. The Kier molecular flexibility index (Phi) is 8.50. The number of nitrogens with one attached hydrogen (secondary N) is 1. The van der Waals surface area contributed by atoms with Crippen molar-refractivity contribution in [3.63, 3.8) is 0 Å². The Morgan fingerprint density at radius 3 is 2.62 bits per heavy atom. The summed E-state index contributed by atoms with van der Waals surface area (Å²) in [6, 6.07) is 16.1. The van der Waals surface area contributed by atoms with Crippen LogP contribution in [0.4, 0.5) is 5.69 Å². The monoisotopic (exact) mass is 589 g/mol. The molecule has 0 aromatic heterocycles. The van der Waals surface area contributed by atoms with E-state index in [1.54, 1.807) is 36.4 Å². The molecular weight excluding hydrogens is 574 g/mol. The molecule has 11 heteroatoms. The number of nitro groups is 1. The summed E-state index contributed by atoms with van der Waals surface area (Å²) in [5, 5.41) is 14.9. The number of benzene rings is 3. The molecule has 0 fully saturated rings. The number of nitrogens with zero attached hydrogens (tertiary/aromatic N) is 2. The molecule has 1 N–H and O–H groups in total. The van der Waals surface area contributed by atoms with Crippen molar-refractivity contribution in [3.05, 3.63) is 96.4 Å². The summed E-state index contributed by atoms with van der Waals surface area (Å²) >= 11 is 6.74. The number of nitro benzene ring substituents is 1. The summed E-state index contributed by atoms with van der Waals surface area (Å²) in [5.41, 5.74) is 3.73. The molecule has 3 aromatic carbocycles. The van der Waals surface area contributed by atoms with Crippen molar-refractivity contribution >= 4 is 55.6 Å². The number of carbonyl (C=O) groups excluding carboxylic acids is 2. The van der Waals surface area contributed by atoms with Crippen LogP contribution in [0.2, 0.25) is 0 Å². The van der Waals surface area contributed by atoms with Gasteiger partial charge >= 0.3 is 11.7 Å². The van der Waals surface area contributed by atoms with Crippen LogP contribution in [0.25, 0.3) is 0 Å². The molecule has 0 aliphatic carbocycles. The molecule has 174 valence electrons. The van der Waals surface area contributed by atoms with E-state index >= 15 is 0 Å². The molecule has 0 unspecified atom stereocenters. The van der Waals surface area contributed by atoms with Crippen LogP contribution in [0.1, 0.15) is 21.5 Å². The van der Waals surface area contributed by atoms with Crippen LogP contribution in [0.5, 0.6) is 11.5 Å². The molecule has 0 radical (unpaired) electrons. The van der Waals surface area contributed by atoms with Crippen LogP contribution in [0, 0.1) is 17.0 Å². The maximum absolute atomic E-state index is 12.6. The lowest BCUT2D eigenvalue weighted by Gasteiger charge is -2.11. The van der Waals surface area contributed by atoms with Crippen molar-refractivity contribution < 1.29 is 24.0 Å². The van der Waals surface area contributed by atoms with Gasteiger partial charge in [-0.25, -0.2) is 10.2 Å². The van der Waals surface area contributed by atoms with Crippen LogP contribution in [0.15, 0.2) is 74.7 Å². The molecule has 0 heterocycles. The second-order valence-corrected chi connectivity index (χ2v) is 8.64. The smallest absolute Gasteiger partial charge is 0.343 e. The highest BCUT2D eigenvalue weighted by molar-refractivity contribution is 9.11. The third-order valence-corrected chi connectivity index (χ3v) is 5.35. The van der Waals surface area contributed by atoms with E-state index in [0.717, 1.165) is 5.56 Å². The SMILES string of the molecule is Cc1cccc(C(=O)Oc2c(Br)cc(Br)cc2/C=N\NC(=O)COc2ccccc2[N+](=O)[O-])c1. The quantitative estimate of drug-likeness (QED) is 0.127. The zero-order valence-electron chi connectivity index (χ0n) is 17.7. The Balaban J connectivity index is 1.69. The first-order valence-electron chi connectivity index (χ1n) is 9.70. The fourth-order valence-corrected chi connectivity index (χ4v) is 4.13. The number of amides is 1. The third-order valence-electron chi connectivity index (χ3n) is 4.30. The number of hydrogen-bond donors (Lipinski definition) is 1. The molecule has 1 amide bonds. The highest BCUT2D eigenvalue weighted by Crippen LogP contribution is 2.33. The molecule has 3 aromatic rings. The first-order valence-corrected chi connectivity index (χ1v) is 11.3. The number of rotatable bonds is 8. The molecule has 0 atom stereocenters. The van der Waals surface area contributed by atoms with Crippen LogP contribution in [-0.4, -0.2) is 29.6 Å². The van der Waals surface area contributed by atoms with Crippen LogP contribution in [0.3, 0.4) is 0 Å². The van der Waals surface area contributed by atoms with Gasteiger partial charge in [0.05, 0.1) is 21.2 Å². The maximum Gasteiger partial charge on any atom is 0.343 e. The summed E-state index contributed by atoms with van der Waals surface area (Å²) in [6.45, 7) is 1.38. The lowest BCUT2D eigenvalue weighted by Crippen LogP contribution is -2.24. The van der Waals surface area contributed by atoms with E-state index in [2.05, 4.69) is 42.4 Å². The van der Waals surface area contributed by atoms with Crippen molar-refractivity contribution in [2.45, 2.75) is 6.92 Å². The number of para-hydroxylation sites is 2. The van der Waals surface area contributed by atoms with E-state index in [4.69, 9.17) is 9.47 Å². The maximum atomic E-state index is 12.6. The van der Waals surface area contributed by atoms with Crippen molar-refractivity contribution in [1.29, 1.82) is 0 Å².